The first-order valence-electron chi connectivity index (χ1n) is 22.5. The topological polar surface area (TPSA) is 13.1 Å². The lowest BCUT2D eigenvalue weighted by Gasteiger charge is -2.42. The van der Waals surface area contributed by atoms with Crippen LogP contribution in [0.2, 0.25) is 0 Å². The first-order valence-corrected chi connectivity index (χ1v) is 23.3. The quantitative estimate of drug-likeness (QED) is 0.139. The van der Waals surface area contributed by atoms with Gasteiger partial charge in [-0.05, 0) is 153 Å². The Hall–Kier alpha value is -4.54. The van der Waals surface area contributed by atoms with Crippen molar-refractivity contribution < 1.29 is 0 Å². The van der Waals surface area contributed by atoms with Crippen LogP contribution < -0.4 is 4.90 Å². The first kappa shape index (κ1) is 44.5. The zero-order valence-corrected chi connectivity index (χ0v) is 41.7. The van der Waals surface area contributed by atoms with Gasteiger partial charge in [0.25, 0.3) is 0 Å². The van der Waals surface area contributed by atoms with Crippen molar-refractivity contribution in [3.8, 4) is 11.4 Å². The molecule has 0 aliphatic carbocycles. The number of benzene rings is 5. The normalized spacial score (nSPS) is 13.5. The average molecular weight is 877 g/mol. The summed E-state index contributed by atoms with van der Waals surface area (Å²) in [6.45, 7) is 41.6. The van der Waals surface area contributed by atoms with Crippen molar-refractivity contribution in [2.45, 2.75) is 151 Å². The van der Waals surface area contributed by atoms with Crippen LogP contribution in [0.3, 0.4) is 0 Å². The number of allylic oxidation sites excluding steroid dienone is 2. The van der Waals surface area contributed by atoms with Gasteiger partial charge in [0.05, 0.1) is 43.6 Å². The number of hydrogen-bond donors (Lipinski definition) is 0. The van der Waals surface area contributed by atoms with Crippen molar-refractivity contribution in [1.29, 1.82) is 0 Å². The van der Waals surface area contributed by atoms with E-state index in [1.54, 1.807) is 0 Å². The molecular formula is C57H70BrN3. The molecule has 0 bridgehead atoms. The number of nitrogens with zero attached hydrogens (tertiary/aromatic N) is 3. The van der Waals surface area contributed by atoms with Crippen LogP contribution >= 0.6 is 15.9 Å². The van der Waals surface area contributed by atoms with Crippen LogP contribution in [0.4, 0.5) is 5.69 Å². The van der Waals surface area contributed by atoms with Crippen molar-refractivity contribution >= 4 is 65.2 Å². The van der Waals surface area contributed by atoms with E-state index in [-0.39, 0.29) is 27.2 Å². The Morgan fingerprint density at radius 2 is 0.902 bits per heavy atom. The number of aromatic nitrogens is 2. The van der Waals surface area contributed by atoms with Crippen molar-refractivity contribution in [3.05, 3.63) is 136 Å². The Bertz CT molecular complexity index is 2720. The lowest BCUT2D eigenvalue weighted by Crippen LogP contribution is -2.43. The molecule has 4 heteroatoms. The third-order valence-corrected chi connectivity index (χ3v) is 13.9. The minimum Gasteiger partial charge on any atom is -0.335 e. The zero-order chi connectivity index (χ0) is 44.8. The van der Waals surface area contributed by atoms with Crippen LogP contribution in [0.25, 0.3) is 55.0 Å². The maximum atomic E-state index is 4.76. The summed E-state index contributed by atoms with van der Waals surface area (Å²) in [6, 6.07) is 33.2. The van der Waals surface area contributed by atoms with Gasteiger partial charge in [0.15, 0.2) is 0 Å². The number of fused-ring (bicyclic) bond motifs is 6. The molecule has 7 rings (SSSR count). The summed E-state index contributed by atoms with van der Waals surface area (Å²) >= 11 is 4.45. The first-order chi connectivity index (χ1) is 28.3. The van der Waals surface area contributed by atoms with E-state index >= 15 is 0 Å². The summed E-state index contributed by atoms with van der Waals surface area (Å²) in [7, 11) is 0. The largest absolute Gasteiger partial charge is 0.335 e. The molecule has 61 heavy (non-hydrogen) atoms. The van der Waals surface area contributed by atoms with Crippen LogP contribution in [-0.2, 0) is 21.7 Å². The third-order valence-electron chi connectivity index (χ3n) is 13.1. The highest BCUT2D eigenvalue weighted by Crippen LogP contribution is 2.48. The molecule has 5 aromatic carbocycles. The molecule has 3 nitrogen and oxygen atoms in total. The second-order valence-electron chi connectivity index (χ2n) is 22.2. The number of rotatable bonds is 8. The fourth-order valence-electron chi connectivity index (χ4n) is 8.88. The molecule has 0 amide bonds. The zero-order valence-electron chi connectivity index (χ0n) is 40.1. The average Bonchev–Trinajstić information content (AvgIpc) is 3.67. The summed E-state index contributed by atoms with van der Waals surface area (Å²) in [5, 5.41) is 5.09. The van der Waals surface area contributed by atoms with E-state index in [0.29, 0.717) is 0 Å². The molecule has 0 unspecified atom stereocenters. The van der Waals surface area contributed by atoms with Crippen LogP contribution in [0.15, 0.2) is 114 Å². The highest BCUT2D eigenvalue weighted by molar-refractivity contribution is 9.10. The Morgan fingerprint density at radius 3 is 1.23 bits per heavy atom. The lowest BCUT2D eigenvalue weighted by atomic mass is 9.85. The molecule has 0 aliphatic heterocycles. The summed E-state index contributed by atoms with van der Waals surface area (Å²) in [4.78, 5) is 2.48. The summed E-state index contributed by atoms with van der Waals surface area (Å²) < 4.78 is 6.06. The maximum Gasteiger partial charge on any atom is 0.0864 e. The van der Waals surface area contributed by atoms with E-state index in [1.165, 1.54) is 65.9 Å². The summed E-state index contributed by atoms with van der Waals surface area (Å²) in [6.07, 6.45) is 6.30. The molecule has 0 radical (unpaired) electrons. The van der Waals surface area contributed by atoms with Crippen molar-refractivity contribution in [1.82, 2.24) is 9.13 Å². The molecule has 0 saturated heterocycles. The minimum atomic E-state index is -0.248. The molecule has 2 aromatic heterocycles. The fourth-order valence-corrected chi connectivity index (χ4v) is 9.57. The predicted octanol–water partition coefficient (Wildman–Crippen LogP) is 17.3. The van der Waals surface area contributed by atoms with Crippen LogP contribution in [0.1, 0.15) is 146 Å². The predicted molar refractivity (Wildman–Crippen MR) is 273 cm³/mol. The van der Waals surface area contributed by atoms with Gasteiger partial charge in [-0.2, -0.15) is 0 Å². The Balaban J connectivity index is 1.69. The Morgan fingerprint density at radius 1 is 0.541 bits per heavy atom. The molecule has 0 spiro atoms. The van der Waals surface area contributed by atoms with E-state index in [2.05, 4.69) is 238 Å². The smallest absolute Gasteiger partial charge is 0.0864 e. The molecule has 2 heterocycles. The molecule has 0 atom stereocenters. The summed E-state index contributed by atoms with van der Waals surface area (Å²) in [5.74, 6) is 0. The second-order valence-corrected chi connectivity index (χ2v) is 23.0. The van der Waals surface area contributed by atoms with Crippen molar-refractivity contribution in [2.75, 3.05) is 4.90 Å². The van der Waals surface area contributed by atoms with Crippen molar-refractivity contribution in [3.63, 3.8) is 0 Å². The Kier molecular flexibility index (Phi) is 11.2. The number of anilines is 1. The number of hydrogen-bond acceptors (Lipinski definition) is 1. The molecule has 320 valence electrons. The molecule has 0 fully saturated rings. The third kappa shape index (κ3) is 7.92. The van der Waals surface area contributed by atoms with Gasteiger partial charge in [0.2, 0.25) is 0 Å². The van der Waals surface area contributed by atoms with Gasteiger partial charge >= 0.3 is 0 Å². The fraction of sp³-hybridized carbons (Fsp3) is 0.404. The minimum absolute atomic E-state index is 0.00252. The van der Waals surface area contributed by atoms with Crippen LogP contribution in [-0.4, -0.2) is 14.7 Å². The lowest BCUT2D eigenvalue weighted by molar-refractivity contribution is 0.477. The molecule has 7 aromatic rings. The van der Waals surface area contributed by atoms with Gasteiger partial charge in [0, 0.05) is 32.8 Å². The maximum absolute atomic E-state index is 4.76. The van der Waals surface area contributed by atoms with Gasteiger partial charge in [-0.1, -0.05) is 134 Å². The second kappa shape index (κ2) is 15.4. The van der Waals surface area contributed by atoms with E-state index in [9.17, 15) is 0 Å². The monoisotopic (exact) mass is 875 g/mol. The van der Waals surface area contributed by atoms with Gasteiger partial charge in [-0.15, -0.1) is 0 Å². The summed E-state index contributed by atoms with van der Waals surface area (Å²) in [5.41, 5.74) is 14.1. The molecule has 0 N–H and O–H groups in total. The molecule has 0 aliphatic rings. The van der Waals surface area contributed by atoms with E-state index in [4.69, 9.17) is 6.58 Å². The van der Waals surface area contributed by atoms with Crippen LogP contribution in [0.5, 0.6) is 0 Å². The van der Waals surface area contributed by atoms with E-state index in [1.807, 2.05) is 0 Å². The Labute approximate surface area is 375 Å². The van der Waals surface area contributed by atoms with Crippen molar-refractivity contribution in [2.24, 2.45) is 0 Å². The van der Waals surface area contributed by atoms with Crippen LogP contribution in [0, 0.1) is 0 Å². The highest BCUT2D eigenvalue weighted by Gasteiger charge is 2.33. The molecular weight excluding hydrogens is 807 g/mol. The van der Waals surface area contributed by atoms with Gasteiger partial charge in [-0.3, -0.25) is 0 Å². The SMILES string of the molecule is C=C(/C=C\CC)N(c1ccc(-n2c3ccc(C(C)(C)C)cc3c3cc(C(C)(C)C)ccc32)c(Br)c1-n1c2ccc(C(C)(C)C)cc2c2cc(C(C)(C)C)ccc21)C(C)(C)CC. The molecule has 0 saturated carbocycles. The number of halogens is 1. The van der Waals surface area contributed by atoms with E-state index < -0.39 is 0 Å². The highest BCUT2D eigenvalue weighted by atomic mass is 79.9. The van der Waals surface area contributed by atoms with E-state index in [0.717, 1.165) is 40.1 Å². The van der Waals surface area contributed by atoms with Gasteiger partial charge < -0.3 is 14.0 Å². The van der Waals surface area contributed by atoms with Gasteiger partial charge in [-0.25, -0.2) is 0 Å². The standard InChI is InChI=1S/C57H70BrN3/c1-18-20-21-36(3)61(57(16,17)19-2)50-31-30-49(59-45-26-22-37(53(4,5)6)32-41(45)42-33-38(54(7,8)9)23-27-46(42)59)51(58)52(50)60-47-28-24-39(55(10,11)12)34-43(47)44-35-40(56(13,14)15)25-29-48(44)60/h20-35H,3,18-19H2,1-2,4-17H3/b21-20-. The van der Waals surface area contributed by atoms with Gasteiger partial charge in [0.1, 0.15) is 0 Å².